The highest BCUT2D eigenvalue weighted by atomic mass is 32.2. The van der Waals surface area contributed by atoms with Gasteiger partial charge in [-0.1, -0.05) is 19.1 Å². The zero-order valence-corrected chi connectivity index (χ0v) is 8.30. The number of carboxylic acids is 1. The molecule has 1 rings (SSSR count). The van der Waals surface area contributed by atoms with Gasteiger partial charge in [0.2, 0.25) is 0 Å². The summed E-state index contributed by atoms with van der Waals surface area (Å²) in [5.41, 5.74) is 0.867. The van der Waals surface area contributed by atoms with Gasteiger partial charge in [-0.05, 0) is 23.4 Å². The van der Waals surface area contributed by atoms with Crippen LogP contribution in [0.1, 0.15) is 12.5 Å². The molecule has 0 aliphatic heterocycles. The Labute approximate surface area is 82.0 Å². The van der Waals surface area contributed by atoms with E-state index in [2.05, 4.69) is 6.92 Å². The molecule has 0 unspecified atom stereocenters. The third-order valence-electron chi connectivity index (χ3n) is 1.56. The molecule has 3 heteroatoms. The molecule has 0 radical (unpaired) electrons. The van der Waals surface area contributed by atoms with Crippen molar-refractivity contribution >= 4 is 17.7 Å². The molecule has 0 spiro atoms. The van der Waals surface area contributed by atoms with E-state index >= 15 is 0 Å². The zero-order chi connectivity index (χ0) is 9.68. The Kier molecular flexibility index (Phi) is 3.83. The fourth-order valence-corrected chi connectivity index (χ4v) is 1.83. The Hall–Kier alpha value is -0.960. The molecule has 13 heavy (non-hydrogen) atoms. The van der Waals surface area contributed by atoms with E-state index in [-0.39, 0.29) is 6.42 Å². The van der Waals surface area contributed by atoms with E-state index in [1.807, 2.05) is 24.3 Å². The highest BCUT2D eigenvalue weighted by molar-refractivity contribution is 7.99. The van der Waals surface area contributed by atoms with Crippen LogP contribution < -0.4 is 0 Å². The lowest BCUT2D eigenvalue weighted by molar-refractivity contribution is -0.136. The number of aliphatic carboxylic acids is 1. The highest BCUT2D eigenvalue weighted by Gasteiger charge is 2.00. The maximum Gasteiger partial charge on any atom is 0.307 e. The van der Waals surface area contributed by atoms with E-state index in [1.54, 1.807) is 11.8 Å². The van der Waals surface area contributed by atoms with Gasteiger partial charge in [-0.25, -0.2) is 0 Å². The summed E-state index contributed by atoms with van der Waals surface area (Å²) < 4.78 is 0. The van der Waals surface area contributed by atoms with E-state index in [1.165, 1.54) is 0 Å². The summed E-state index contributed by atoms with van der Waals surface area (Å²) in [4.78, 5) is 11.6. The van der Waals surface area contributed by atoms with Gasteiger partial charge in [0.25, 0.3) is 0 Å². The Bertz CT molecular complexity index is 297. The minimum atomic E-state index is -0.779. The first-order valence-electron chi connectivity index (χ1n) is 4.16. The summed E-state index contributed by atoms with van der Waals surface area (Å²) in [5, 5.41) is 8.58. The number of hydrogen-bond donors (Lipinski definition) is 1. The Morgan fingerprint density at radius 1 is 1.54 bits per heavy atom. The second-order valence-corrected chi connectivity index (χ2v) is 3.99. The zero-order valence-electron chi connectivity index (χ0n) is 7.49. The lowest BCUT2D eigenvalue weighted by atomic mass is 10.2. The lowest BCUT2D eigenvalue weighted by Crippen LogP contribution is -1.99. The van der Waals surface area contributed by atoms with Crippen LogP contribution in [0, 0.1) is 0 Å². The van der Waals surface area contributed by atoms with Gasteiger partial charge in [0.1, 0.15) is 0 Å². The van der Waals surface area contributed by atoms with Crippen molar-refractivity contribution < 1.29 is 9.90 Å². The second-order valence-electron chi connectivity index (χ2n) is 2.65. The molecule has 0 fully saturated rings. The average Bonchev–Trinajstić information content (AvgIpc) is 2.04. The summed E-state index contributed by atoms with van der Waals surface area (Å²) in [7, 11) is 0. The SMILES string of the molecule is CCSc1cccc(CC(=O)O)c1. The standard InChI is InChI=1S/C10H12O2S/c1-2-13-9-5-3-4-8(6-9)7-10(11)12/h3-6H,2,7H2,1H3,(H,11,12). The molecule has 1 aromatic carbocycles. The summed E-state index contributed by atoms with van der Waals surface area (Å²) >= 11 is 1.72. The minimum Gasteiger partial charge on any atom is -0.481 e. The number of carboxylic acid groups (broad SMARTS) is 1. The van der Waals surface area contributed by atoms with Gasteiger partial charge in [0, 0.05) is 4.90 Å². The first-order chi connectivity index (χ1) is 6.22. The molecule has 0 aliphatic rings. The van der Waals surface area contributed by atoms with Crippen molar-refractivity contribution in [1.29, 1.82) is 0 Å². The normalized spacial score (nSPS) is 9.92. The Morgan fingerprint density at radius 3 is 2.92 bits per heavy atom. The van der Waals surface area contributed by atoms with Gasteiger partial charge in [-0.2, -0.15) is 0 Å². The van der Waals surface area contributed by atoms with E-state index in [0.29, 0.717) is 0 Å². The topological polar surface area (TPSA) is 37.3 Å². The highest BCUT2D eigenvalue weighted by Crippen LogP contribution is 2.18. The van der Waals surface area contributed by atoms with E-state index < -0.39 is 5.97 Å². The summed E-state index contributed by atoms with van der Waals surface area (Å²) in [6, 6.07) is 7.67. The fraction of sp³-hybridized carbons (Fsp3) is 0.300. The second kappa shape index (κ2) is 4.92. The van der Waals surface area contributed by atoms with Crippen LogP contribution in [-0.4, -0.2) is 16.8 Å². The van der Waals surface area contributed by atoms with Crippen LogP contribution in [-0.2, 0) is 11.2 Å². The number of hydrogen-bond acceptors (Lipinski definition) is 2. The largest absolute Gasteiger partial charge is 0.481 e. The smallest absolute Gasteiger partial charge is 0.307 e. The number of rotatable bonds is 4. The van der Waals surface area contributed by atoms with Gasteiger partial charge in [-0.3, -0.25) is 4.79 Å². The van der Waals surface area contributed by atoms with E-state index in [4.69, 9.17) is 5.11 Å². The van der Waals surface area contributed by atoms with Crippen molar-refractivity contribution in [3.05, 3.63) is 29.8 Å². The fourth-order valence-electron chi connectivity index (χ4n) is 1.09. The predicted molar refractivity (Wildman–Crippen MR) is 54.2 cm³/mol. The maximum absolute atomic E-state index is 10.4. The van der Waals surface area contributed by atoms with Gasteiger partial charge in [-0.15, -0.1) is 11.8 Å². The number of benzene rings is 1. The van der Waals surface area contributed by atoms with Crippen molar-refractivity contribution in [2.45, 2.75) is 18.2 Å². The molecule has 0 saturated heterocycles. The molecule has 0 amide bonds. The minimum absolute atomic E-state index is 0.109. The molecular weight excluding hydrogens is 184 g/mol. The van der Waals surface area contributed by atoms with Crippen molar-refractivity contribution in [3.63, 3.8) is 0 Å². The van der Waals surface area contributed by atoms with E-state index in [9.17, 15) is 4.79 Å². The predicted octanol–water partition coefficient (Wildman–Crippen LogP) is 2.43. The van der Waals surface area contributed by atoms with Crippen LogP contribution in [0.3, 0.4) is 0 Å². The average molecular weight is 196 g/mol. The van der Waals surface area contributed by atoms with E-state index in [0.717, 1.165) is 16.2 Å². The van der Waals surface area contributed by atoms with Crippen molar-refractivity contribution in [2.24, 2.45) is 0 Å². The summed E-state index contributed by atoms with van der Waals surface area (Å²) in [5.74, 6) is 0.231. The third-order valence-corrected chi connectivity index (χ3v) is 2.44. The van der Waals surface area contributed by atoms with Crippen LogP contribution in [0.4, 0.5) is 0 Å². The van der Waals surface area contributed by atoms with Gasteiger partial charge >= 0.3 is 5.97 Å². The van der Waals surface area contributed by atoms with Crippen molar-refractivity contribution in [3.8, 4) is 0 Å². The first kappa shape index (κ1) is 10.1. The molecular formula is C10H12O2S. The lowest BCUT2D eigenvalue weighted by Gasteiger charge is -2.00. The molecule has 0 saturated carbocycles. The van der Waals surface area contributed by atoms with Crippen LogP contribution >= 0.6 is 11.8 Å². The first-order valence-corrected chi connectivity index (χ1v) is 5.14. The molecule has 0 aliphatic carbocycles. The molecule has 1 N–H and O–H groups in total. The van der Waals surface area contributed by atoms with Gasteiger partial charge < -0.3 is 5.11 Å². The third kappa shape index (κ3) is 3.51. The number of carbonyl (C=O) groups is 1. The Morgan fingerprint density at radius 2 is 2.31 bits per heavy atom. The molecule has 70 valence electrons. The van der Waals surface area contributed by atoms with Crippen LogP contribution in [0.25, 0.3) is 0 Å². The molecule has 0 atom stereocenters. The molecule has 0 heterocycles. The summed E-state index contributed by atoms with van der Waals surface area (Å²) in [6.07, 6.45) is 0.109. The molecule has 0 bridgehead atoms. The van der Waals surface area contributed by atoms with Crippen LogP contribution in [0.15, 0.2) is 29.2 Å². The van der Waals surface area contributed by atoms with Gasteiger partial charge in [0.15, 0.2) is 0 Å². The Balaban J connectivity index is 2.73. The molecule has 2 nitrogen and oxygen atoms in total. The molecule has 1 aromatic rings. The quantitative estimate of drug-likeness (QED) is 0.751. The van der Waals surface area contributed by atoms with Crippen molar-refractivity contribution in [2.75, 3.05) is 5.75 Å². The number of thioether (sulfide) groups is 1. The molecule has 0 aromatic heterocycles. The van der Waals surface area contributed by atoms with Crippen LogP contribution in [0.5, 0.6) is 0 Å². The van der Waals surface area contributed by atoms with Crippen LogP contribution in [0.2, 0.25) is 0 Å². The maximum atomic E-state index is 10.4. The monoisotopic (exact) mass is 196 g/mol. The van der Waals surface area contributed by atoms with Crippen molar-refractivity contribution in [1.82, 2.24) is 0 Å². The van der Waals surface area contributed by atoms with Gasteiger partial charge in [0.05, 0.1) is 6.42 Å². The summed E-state index contributed by atoms with van der Waals surface area (Å²) in [6.45, 7) is 2.08.